The molecule has 0 spiro atoms. The standard InChI is InChI=1S/C15H24O2/c1-12(2)8-6-9-13(3)10-7-11-14(4)15(16)17-5/h8,10H,4,6-7,9,11H2,1-3,5H3. The Morgan fingerprint density at radius 2 is 1.71 bits per heavy atom. The normalized spacial score (nSPS) is 10.9. The highest BCUT2D eigenvalue weighted by atomic mass is 16.5. The molecule has 17 heavy (non-hydrogen) atoms. The Morgan fingerprint density at radius 1 is 1.12 bits per heavy atom. The van der Waals surface area contributed by atoms with E-state index in [0.717, 1.165) is 19.3 Å². The third-order valence-electron chi connectivity index (χ3n) is 2.50. The van der Waals surface area contributed by atoms with Crippen LogP contribution in [0.3, 0.4) is 0 Å². The van der Waals surface area contributed by atoms with Crippen LogP contribution < -0.4 is 0 Å². The molecule has 0 heterocycles. The highest BCUT2D eigenvalue weighted by molar-refractivity contribution is 5.87. The summed E-state index contributed by atoms with van der Waals surface area (Å²) in [5.41, 5.74) is 3.26. The summed E-state index contributed by atoms with van der Waals surface area (Å²) < 4.78 is 4.59. The van der Waals surface area contributed by atoms with Crippen molar-refractivity contribution in [2.45, 2.75) is 46.5 Å². The van der Waals surface area contributed by atoms with Gasteiger partial charge in [-0.05, 0) is 46.5 Å². The number of ether oxygens (including phenoxy) is 1. The molecule has 0 saturated carbocycles. The fraction of sp³-hybridized carbons (Fsp3) is 0.533. The fourth-order valence-corrected chi connectivity index (χ4v) is 1.43. The maximum absolute atomic E-state index is 11.1. The molecule has 0 amide bonds. The first-order valence-electron chi connectivity index (χ1n) is 6.02. The molecule has 0 aromatic rings. The topological polar surface area (TPSA) is 26.3 Å². The van der Waals surface area contributed by atoms with Gasteiger partial charge < -0.3 is 4.74 Å². The maximum atomic E-state index is 11.1. The van der Waals surface area contributed by atoms with Crippen LogP contribution in [0.1, 0.15) is 46.5 Å². The summed E-state index contributed by atoms with van der Waals surface area (Å²) in [7, 11) is 1.38. The van der Waals surface area contributed by atoms with Gasteiger partial charge in [-0.3, -0.25) is 0 Å². The van der Waals surface area contributed by atoms with E-state index in [2.05, 4.69) is 44.2 Å². The summed E-state index contributed by atoms with van der Waals surface area (Å²) in [6, 6.07) is 0. The lowest BCUT2D eigenvalue weighted by Crippen LogP contribution is -2.02. The van der Waals surface area contributed by atoms with Crippen molar-refractivity contribution >= 4 is 5.97 Å². The van der Waals surface area contributed by atoms with E-state index in [-0.39, 0.29) is 5.97 Å². The number of allylic oxidation sites excluding steroid dienone is 4. The van der Waals surface area contributed by atoms with Gasteiger partial charge in [0.15, 0.2) is 0 Å². The van der Waals surface area contributed by atoms with Gasteiger partial charge in [-0.2, -0.15) is 0 Å². The Bertz CT molecular complexity index is 318. The highest BCUT2D eigenvalue weighted by Gasteiger charge is 2.04. The largest absolute Gasteiger partial charge is 0.466 e. The molecular formula is C15H24O2. The molecule has 0 unspecified atom stereocenters. The first-order valence-corrected chi connectivity index (χ1v) is 6.02. The second kappa shape index (κ2) is 8.80. The van der Waals surface area contributed by atoms with Crippen molar-refractivity contribution in [3.63, 3.8) is 0 Å². The van der Waals surface area contributed by atoms with E-state index in [1.807, 2.05) is 0 Å². The van der Waals surface area contributed by atoms with E-state index in [9.17, 15) is 4.79 Å². The van der Waals surface area contributed by atoms with E-state index in [4.69, 9.17) is 0 Å². The van der Waals surface area contributed by atoms with Gasteiger partial charge in [-0.15, -0.1) is 0 Å². The molecule has 96 valence electrons. The number of rotatable bonds is 7. The summed E-state index contributed by atoms with van der Waals surface area (Å²) in [4.78, 5) is 11.1. The van der Waals surface area contributed by atoms with Gasteiger partial charge in [0.2, 0.25) is 0 Å². The van der Waals surface area contributed by atoms with Crippen molar-refractivity contribution in [3.8, 4) is 0 Å². The molecule has 0 aliphatic rings. The number of hydrogen-bond acceptors (Lipinski definition) is 2. The second-order valence-electron chi connectivity index (χ2n) is 4.50. The van der Waals surface area contributed by atoms with Crippen LogP contribution in [0.5, 0.6) is 0 Å². The van der Waals surface area contributed by atoms with Crippen molar-refractivity contribution < 1.29 is 9.53 Å². The lowest BCUT2D eigenvalue weighted by molar-refractivity contribution is -0.136. The van der Waals surface area contributed by atoms with Crippen LogP contribution in [-0.4, -0.2) is 13.1 Å². The monoisotopic (exact) mass is 236 g/mol. The Hall–Kier alpha value is -1.31. The zero-order valence-electron chi connectivity index (χ0n) is 11.5. The molecule has 0 aliphatic heterocycles. The van der Waals surface area contributed by atoms with Gasteiger partial charge in [0.25, 0.3) is 0 Å². The third-order valence-corrected chi connectivity index (χ3v) is 2.50. The number of esters is 1. The molecule has 0 aromatic carbocycles. The number of carbonyl (C=O) groups is 1. The minimum absolute atomic E-state index is 0.305. The number of hydrogen-bond donors (Lipinski definition) is 0. The molecule has 2 heteroatoms. The SMILES string of the molecule is C=C(CCC=C(C)CCC=C(C)C)C(=O)OC. The van der Waals surface area contributed by atoms with Crippen LogP contribution in [0.15, 0.2) is 35.5 Å². The molecule has 0 saturated heterocycles. The van der Waals surface area contributed by atoms with E-state index < -0.39 is 0 Å². The van der Waals surface area contributed by atoms with Gasteiger partial charge in [-0.1, -0.05) is 29.9 Å². The van der Waals surface area contributed by atoms with Crippen molar-refractivity contribution in [1.82, 2.24) is 0 Å². The molecule has 0 N–H and O–H groups in total. The summed E-state index contributed by atoms with van der Waals surface area (Å²) in [5.74, 6) is -0.305. The lowest BCUT2D eigenvalue weighted by Gasteiger charge is -2.02. The van der Waals surface area contributed by atoms with Crippen LogP contribution in [0.2, 0.25) is 0 Å². The van der Waals surface area contributed by atoms with Gasteiger partial charge in [0.1, 0.15) is 0 Å². The smallest absolute Gasteiger partial charge is 0.333 e. The van der Waals surface area contributed by atoms with Crippen LogP contribution in [0.4, 0.5) is 0 Å². The van der Waals surface area contributed by atoms with Crippen LogP contribution in [0, 0.1) is 0 Å². The minimum Gasteiger partial charge on any atom is -0.466 e. The summed E-state index contributed by atoms with van der Waals surface area (Å²) in [5, 5.41) is 0. The molecule has 0 fully saturated rings. The molecule has 0 aliphatic carbocycles. The van der Waals surface area contributed by atoms with Gasteiger partial charge in [0.05, 0.1) is 7.11 Å². The predicted octanol–water partition coefficient (Wildman–Crippen LogP) is 4.19. The first kappa shape index (κ1) is 15.7. The fourth-order valence-electron chi connectivity index (χ4n) is 1.43. The maximum Gasteiger partial charge on any atom is 0.333 e. The average molecular weight is 236 g/mol. The van der Waals surface area contributed by atoms with E-state index in [0.29, 0.717) is 12.0 Å². The Morgan fingerprint density at radius 3 is 2.24 bits per heavy atom. The van der Waals surface area contributed by atoms with E-state index in [1.165, 1.54) is 18.3 Å². The summed E-state index contributed by atoms with van der Waals surface area (Å²) in [6.45, 7) is 10.0. The summed E-state index contributed by atoms with van der Waals surface area (Å²) in [6.07, 6.45) is 8.11. The van der Waals surface area contributed by atoms with Gasteiger partial charge >= 0.3 is 5.97 Å². The van der Waals surface area contributed by atoms with Crippen LogP contribution in [-0.2, 0) is 9.53 Å². The molecule has 2 nitrogen and oxygen atoms in total. The van der Waals surface area contributed by atoms with Gasteiger partial charge in [-0.25, -0.2) is 4.79 Å². The second-order valence-corrected chi connectivity index (χ2v) is 4.50. The van der Waals surface area contributed by atoms with Gasteiger partial charge in [0, 0.05) is 5.57 Å². The van der Waals surface area contributed by atoms with Crippen molar-refractivity contribution in [2.75, 3.05) is 7.11 Å². The predicted molar refractivity (Wildman–Crippen MR) is 72.8 cm³/mol. The first-order chi connectivity index (χ1) is 7.97. The zero-order chi connectivity index (χ0) is 13.3. The molecule has 0 rings (SSSR count). The van der Waals surface area contributed by atoms with E-state index >= 15 is 0 Å². The van der Waals surface area contributed by atoms with Crippen molar-refractivity contribution in [1.29, 1.82) is 0 Å². The molecule has 0 aromatic heterocycles. The van der Waals surface area contributed by atoms with E-state index in [1.54, 1.807) is 0 Å². The number of methoxy groups -OCH3 is 1. The molecule has 0 atom stereocenters. The minimum atomic E-state index is -0.305. The average Bonchev–Trinajstić information content (AvgIpc) is 2.27. The quantitative estimate of drug-likeness (QED) is 0.376. The van der Waals surface area contributed by atoms with Crippen LogP contribution >= 0.6 is 0 Å². The Labute approximate surface area is 105 Å². The third kappa shape index (κ3) is 8.49. The van der Waals surface area contributed by atoms with Crippen molar-refractivity contribution in [3.05, 3.63) is 35.5 Å². The lowest BCUT2D eigenvalue weighted by atomic mass is 10.1. The van der Waals surface area contributed by atoms with Crippen molar-refractivity contribution in [2.24, 2.45) is 0 Å². The zero-order valence-corrected chi connectivity index (χ0v) is 11.5. The summed E-state index contributed by atoms with van der Waals surface area (Å²) >= 11 is 0. The molecule has 0 bridgehead atoms. The number of carbonyl (C=O) groups excluding carboxylic acids is 1. The Kier molecular flexibility index (Phi) is 8.12. The van der Waals surface area contributed by atoms with Crippen LogP contribution in [0.25, 0.3) is 0 Å². The Balaban J connectivity index is 3.88. The highest BCUT2D eigenvalue weighted by Crippen LogP contribution is 2.11. The molecular weight excluding hydrogens is 212 g/mol. The molecule has 0 radical (unpaired) electrons.